The van der Waals surface area contributed by atoms with Gasteiger partial charge in [-0.1, -0.05) is 24.3 Å². The summed E-state index contributed by atoms with van der Waals surface area (Å²) in [7, 11) is -1.99. The lowest BCUT2D eigenvalue weighted by Gasteiger charge is -2.06. The fourth-order valence-electron chi connectivity index (χ4n) is 1.24. The van der Waals surface area contributed by atoms with Crippen LogP contribution in [0.15, 0.2) is 24.3 Å². The van der Waals surface area contributed by atoms with Crippen LogP contribution in [0.4, 0.5) is 0 Å². The first kappa shape index (κ1) is 13.1. The van der Waals surface area contributed by atoms with Crippen molar-refractivity contribution in [3.63, 3.8) is 0 Å². The van der Waals surface area contributed by atoms with Crippen molar-refractivity contribution in [3.05, 3.63) is 35.4 Å². The molecule has 1 aromatic carbocycles. The highest BCUT2D eigenvalue weighted by Gasteiger charge is 2.04. The lowest BCUT2D eigenvalue weighted by Crippen LogP contribution is -2.33. The Bertz CT molecular complexity index is 414. The first-order valence-corrected chi connectivity index (χ1v) is 6.52. The minimum Gasteiger partial charge on any atom is -0.330 e. The Morgan fingerprint density at radius 3 is 2.25 bits per heavy atom. The molecule has 0 aliphatic carbocycles. The third kappa shape index (κ3) is 4.28. The molecule has 16 heavy (non-hydrogen) atoms. The molecular weight excluding hydrogens is 226 g/mol. The molecule has 0 spiro atoms. The van der Waals surface area contributed by atoms with Crippen molar-refractivity contribution in [1.29, 1.82) is 0 Å². The third-order valence-electron chi connectivity index (χ3n) is 2.19. The van der Waals surface area contributed by atoms with E-state index in [-0.39, 0.29) is 6.54 Å². The van der Waals surface area contributed by atoms with E-state index in [4.69, 9.17) is 5.73 Å². The molecule has 0 aliphatic rings. The summed E-state index contributed by atoms with van der Waals surface area (Å²) in [6, 6.07) is 7.69. The Balaban J connectivity index is 2.56. The van der Waals surface area contributed by atoms with Crippen molar-refractivity contribution in [1.82, 2.24) is 9.44 Å². The Morgan fingerprint density at radius 2 is 1.75 bits per heavy atom. The Kier molecular flexibility index (Phi) is 4.88. The molecule has 4 N–H and O–H groups in total. The van der Waals surface area contributed by atoms with E-state index in [0.717, 1.165) is 17.5 Å². The smallest absolute Gasteiger partial charge is 0.276 e. The van der Waals surface area contributed by atoms with Crippen LogP contribution in [0.3, 0.4) is 0 Å². The van der Waals surface area contributed by atoms with Crippen molar-refractivity contribution in [3.8, 4) is 0 Å². The van der Waals surface area contributed by atoms with Crippen LogP contribution in [0, 0.1) is 0 Å². The fourth-order valence-corrected chi connectivity index (χ4v) is 1.74. The van der Waals surface area contributed by atoms with Crippen molar-refractivity contribution in [2.75, 3.05) is 13.6 Å². The second kappa shape index (κ2) is 5.95. The highest BCUT2D eigenvalue weighted by atomic mass is 32.2. The molecule has 0 saturated heterocycles. The largest absolute Gasteiger partial charge is 0.330 e. The van der Waals surface area contributed by atoms with Gasteiger partial charge in [0.05, 0.1) is 0 Å². The zero-order valence-corrected chi connectivity index (χ0v) is 10.0. The zero-order valence-electron chi connectivity index (χ0n) is 9.23. The molecule has 90 valence electrons. The van der Waals surface area contributed by atoms with E-state index in [1.807, 2.05) is 24.3 Å². The highest BCUT2D eigenvalue weighted by molar-refractivity contribution is 7.87. The van der Waals surface area contributed by atoms with E-state index in [9.17, 15) is 8.42 Å². The van der Waals surface area contributed by atoms with Gasteiger partial charge in [-0.05, 0) is 24.1 Å². The topological polar surface area (TPSA) is 84.2 Å². The van der Waals surface area contributed by atoms with Crippen LogP contribution >= 0.6 is 0 Å². The van der Waals surface area contributed by atoms with E-state index >= 15 is 0 Å². The van der Waals surface area contributed by atoms with Gasteiger partial charge in [0.2, 0.25) is 0 Å². The van der Waals surface area contributed by atoms with Crippen molar-refractivity contribution < 1.29 is 8.42 Å². The van der Waals surface area contributed by atoms with Crippen molar-refractivity contribution in [2.45, 2.75) is 13.0 Å². The molecule has 0 atom stereocenters. The van der Waals surface area contributed by atoms with E-state index in [1.54, 1.807) is 0 Å². The average Bonchev–Trinajstić information content (AvgIpc) is 2.29. The maximum absolute atomic E-state index is 11.1. The van der Waals surface area contributed by atoms with Crippen LogP contribution in [0.2, 0.25) is 0 Å². The Labute approximate surface area is 96.2 Å². The van der Waals surface area contributed by atoms with Crippen molar-refractivity contribution >= 4 is 10.2 Å². The van der Waals surface area contributed by atoms with E-state index in [1.165, 1.54) is 7.05 Å². The van der Waals surface area contributed by atoms with Gasteiger partial charge >= 0.3 is 0 Å². The highest BCUT2D eigenvalue weighted by Crippen LogP contribution is 2.04. The molecule has 0 bridgehead atoms. The normalized spacial score (nSPS) is 11.6. The molecule has 6 heteroatoms. The molecule has 0 aromatic heterocycles. The minimum atomic E-state index is -3.36. The van der Waals surface area contributed by atoms with Gasteiger partial charge in [0.15, 0.2) is 0 Å². The van der Waals surface area contributed by atoms with Gasteiger partial charge in [0, 0.05) is 13.6 Å². The molecule has 1 aromatic rings. The molecule has 0 aliphatic heterocycles. The fraction of sp³-hybridized carbons (Fsp3) is 0.400. The van der Waals surface area contributed by atoms with Crippen LogP contribution < -0.4 is 15.2 Å². The molecule has 0 heterocycles. The maximum atomic E-state index is 11.1. The number of hydrogen-bond acceptors (Lipinski definition) is 3. The summed E-state index contributed by atoms with van der Waals surface area (Å²) in [6.07, 6.45) is 0.836. The van der Waals surface area contributed by atoms with Crippen LogP contribution in [-0.2, 0) is 23.2 Å². The number of benzene rings is 1. The molecule has 0 amide bonds. The van der Waals surface area contributed by atoms with Crippen LogP contribution in [0.5, 0.6) is 0 Å². The molecule has 5 nitrogen and oxygen atoms in total. The average molecular weight is 243 g/mol. The summed E-state index contributed by atoms with van der Waals surface area (Å²) in [5, 5.41) is 0. The predicted molar refractivity (Wildman–Crippen MR) is 64.0 cm³/mol. The number of nitrogens with one attached hydrogen (secondary N) is 2. The SMILES string of the molecule is CNS(=O)(=O)NCc1ccc(CCN)cc1. The summed E-state index contributed by atoms with van der Waals surface area (Å²) in [5.74, 6) is 0. The second-order valence-electron chi connectivity index (χ2n) is 3.38. The maximum Gasteiger partial charge on any atom is 0.276 e. The lowest BCUT2D eigenvalue weighted by atomic mass is 10.1. The van der Waals surface area contributed by atoms with Gasteiger partial charge in [-0.2, -0.15) is 13.1 Å². The summed E-state index contributed by atoms with van der Waals surface area (Å²) in [5.41, 5.74) is 7.50. The standard InChI is InChI=1S/C10H17N3O2S/c1-12-16(14,15)13-8-10-4-2-9(3-5-10)6-7-11/h2-5,12-13H,6-8,11H2,1H3. The van der Waals surface area contributed by atoms with Crippen LogP contribution in [0.1, 0.15) is 11.1 Å². The summed E-state index contributed by atoms with van der Waals surface area (Å²) >= 11 is 0. The van der Waals surface area contributed by atoms with Gasteiger partial charge in [0.25, 0.3) is 10.2 Å². The molecule has 0 saturated carbocycles. The van der Waals surface area contributed by atoms with Gasteiger partial charge in [-0.25, -0.2) is 4.72 Å². The lowest BCUT2D eigenvalue weighted by molar-refractivity contribution is 0.573. The monoisotopic (exact) mass is 243 g/mol. The van der Waals surface area contributed by atoms with Gasteiger partial charge < -0.3 is 5.73 Å². The molecule has 0 radical (unpaired) electrons. The quantitative estimate of drug-likeness (QED) is 0.643. The van der Waals surface area contributed by atoms with E-state index in [2.05, 4.69) is 9.44 Å². The summed E-state index contributed by atoms with van der Waals surface area (Å²) < 4.78 is 26.8. The minimum absolute atomic E-state index is 0.284. The number of hydrogen-bond donors (Lipinski definition) is 3. The first-order chi connectivity index (χ1) is 7.57. The Morgan fingerprint density at radius 1 is 1.19 bits per heavy atom. The van der Waals surface area contributed by atoms with Crippen LogP contribution in [0.25, 0.3) is 0 Å². The molecule has 0 fully saturated rings. The van der Waals surface area contributed by atoms with E-state index < -0.39 is 10.2 Å². The summed E-state index contributed by atoms with van der Waals surface area (Å²) in [4.78, 5) is 0. The van der Waals surface area contributed by atoms with E-state index in [0.29, 0.717) is 6.54 Å². The Hall–Kier alpha value is -0.950. The second-order valence-corrected chi connectivity index (χ2v) is 5.09. The summed E-state index contributed by atoms with van der Waals surface area (Å²) in [6.45, 7) is 0.901. The molecular formula is C10H17N3O2S. The first-order valence-electron chi connectivity index (χ1n) is 5.03. The van der Waals surface area contributed by atoms with Crippen molar-refractivity contribution in [2.24, 2.45) is 5.73 Å². The number of nitrogens with two attached hydrogens (primary N) is 1. The zero-order chi connectivity index (χ0) is 12.0. The predicted octanol–water partition coefficient (Wildman–Crippen LogP) is -0.258. The van der Waals surface area contributed by atoms with Gasteiger partial charge in [0.1, 0.15) is 0 Å². The number of rotatable bonds is 6. The molecule has 0 unspecified atom stereocenters. The molecule has 1 rings (SSSR count). The third-order valence-corrected chi connectivity index (χ3v) is 3.25. The van der Waals surface area contributed by atoms with Gasteiger partial charge in [-0.3, -0.25) is 0 Å². The van der Waals surface area contributed by atoms with Crippen LogP contribution in [-0.4, -0.2) is 22.0 Å². The van der Waals surface area contributed by atoms with Gasteiger partial charge in [-0.15, -0.1) is 0 Å².